The van der Waals surface area contributed by atoms with Gasteiger partial charge in [0.15, 0.2) is 0 Å². The molecule has 6 nitrogen and oxygen atoms in total. The zero-order chi connectivity index (χ0) is 20.1. The maximum Gasteiger partial charge on any atom is 0.416 e. The van der Waals surface area contributed by atoms with Crippen LogP contribution in [0.4, 0.5) is 18.0 Å². The van der Waals surface area contributed by atoms with Gasteiger partial charge in [0.05, 0.1) is 17.6 Å². The molecule has 2 amide bonds. The van der Waals surface area contributed by atoms with E-state index < -0.39 is 29.7 Å². The third-order valence-corrected chi connectivity index (χ3v) is 3.50. The lowest BCUT2D eigenvalue weighted by Crippen LogP contribution is -2.40. The van der Waals surface area contributed by atoms with Gasteiger partial charge in [-0.2, -0.15) is 13.2 Å². The second kappa shape index (κ2) is 8.77. The number of halogens is 3. The molecule has 2 N–H and O–H groups in total. The number of ether oxygens (including phenoxy) is 1. The van der Waals surface area contributed by atoms with E-state index in [1.165, 1.54) is 26.1 Å². The predicted molar refractivity (Wildman–Crippen MR) is 88.9 cm³/mol. The second-order valence-electron chi connectivity index (χ2n) is 6.26. The molecule has 0 saturated carbocycles. The number of rotatable bonds is 7. The average Bonchev–Trinajstić information content (AvgIpc) is 2.51. The van der Waals surface area contributed by atoms with Crippen molar-refractivity contribution in [1.82, 2.24) is 10.2 Å². The zero-order valence-corrected chi connectivity index (χ0v) is 15.1. The number of hydrogen-bond donors (Lipinski definition) is 2. The van der Waals surface area contributed by atoms with Crippen molar-refractivity contribution in [2.24, 2.45) is 5.92 Å². The molecular weight excluding hydrogens is 353 g/mol. The number of carboxylic acids is 1. The van der Waals surface area contributed by atoms with Crippen molar-refractivity contribution in [2.45, 2.75) is 39.6 Å². The summed E-state index contributed by atoms with van der Waals surface area (Å²) in [4.78, 5) is 23.9. The molecule has 0 aliphatic rings. The van der Waals surface area contributed by atoms with Gasteiger partial charge in [-0.1, -0.05) is 13.0 Å². The Morgan fingerprint density at radius 1 is 1.27 bits per heavy atom. The number of nitrogens with zero attached hydrogens (tertiary/aromatic N) is 1. The SMILES string of the molecule is CC(C)Oc1ccc(CNC(=O)N(C)CC(C)C(=O)O)c(C(F)(F)F)c1. The number of hydrogen-bond acceptors (Lipinski definition) is 3. The van der Waals surface area contributed by atoms with E-state index in [4.69, 9.17) is 9.84 Å². The molecule has 0 aliphatic heterocycles. The molecule has 1 rings (SSSR count). The minimum absolute atomic E-state index is 0.0611. The fraction of sp³-hybridized carbons (Fsp3) is 0.529. The highest BCUT2D eigenvalue weighted by atomic mass is 19.4. The highest BCUT2D eigenvalue weighted by Gasteiger charge is 2.34. The number of aliphatic carboxylic acids is 1. The van der Waals surface area contributed by atoms with Crippen molar-refractivity contribution in [3.05, 3.63) is 29.3 Å². The summed E-state index contributed by atoms with van der Waals surface area (Å²) in [5.74, 6) is -1.76. The molecule has 0 saturated heterocycles. The molecule has 1 aromatic carbocycles. The lowest BCUT2D eigenvalue weighted by atomic mass is 10.1. The number of carboxylic acid groups (broad SMARTS) is 1. The molecule has 1 aromatic rings. The molecule has 0 radical (unpaired) electrons. The van der Waals surface area contributed by atoms with Crippen LogP contribution in [-0.4, -0.2) is 41.7 Å². The van der Waals surface area contributed by atoms with Crippen molar-refractivity contribution in [1.29, 1.82) is 0 Å². The zero-order valence-electron chi connectivity index (χ0n) is 15.1. The number of carbonyl (C=O) groups excluding carboxylic acids is 1. The first-order valence-electron chi connectivity index (χ1n) is 8.00. The van der Waals surface area contributed by atoms with Gasteiger partial charge in [-0.25, -0.2) is 4.79 Å². The monoisotopic (exact) mass is 376 g/mol. The van der Waals surface area contributed by atoms with Crippen molar-refractivity contribution >= 4 is 12.0 Å². The van der Waals surface area contributed by atoms with Gasteiger partial charge in [-0.05, 0) is 31.5 Å². The third kappa shape index (κ3) is 6.45. The number of alkyl halides is 3. The highest BCUT2D eigenvalue weighted by molar-refractivity contribution is 5.75. The molecule has 146 valence electrons. The highest BCUT2D eigenvalue weighted by Crippen LogP contribution is 2.34. The lowest BCUT2D eigenvalue weighted by Gasteiger charge is -2.21. The number of amides is 2. The fourth-order valence-electron chi connectivity index (χ4n) is 2.20. The van der Waals surface area contributed by atoms with Gasteiger partial charge in [-0.15, -0.1) is 0 Å². The van der Waals surface area contributed by atoms with Gasteiger partial charge >= 0.3 is 18.2 Å². The van der Waals surface area contributed by atoms with E-state index in [9.17, 15) is 22.8 Å². The van der Waals surface area contributed by atoms with Crippen molar-refractivity contribution < 1.29 is 32.6 Å². The molecule has 0 heterocycles. The van der Waals surface area contributed by atoms with E-state index in [1.54, 1.807) is 13.8 Å². The van der Waals surface area contributed by atoms with Crippen LogP contribution in [-0.2, 0) is 17.5 Å². The minimum Gasteiger partial charge on any atom is -0.491 e. The average molecular weight is 376 g/mol. The van der Waals surface area contributed by atoms with E-state index in [-0.39, 0.29) is 30.5 Å². The Hall–Kier alpha value is -2.45. The van der Waals surface area contributed by atoms with Gasteiger partial charge in [0.1, 0.15) is 5.75 Å². The number of urea groups is 1. The van der Waals surface area contributed by atoms with Crippen LogP contribution in [0.1, 0.15) is 31.9 Å². The first-order chi connectivity index (χ1) is 11.9. The van der Waals surface area contributed by atoms with Crippen molar-refractivity contribution in [3.8, 4) is 5.75 Å². The molecule has 0 spiro atoms. The van der Waals surface area contributed by atoms with Gasteiger partial charge in [-0.3, -0.25) is 4.79 Å². The number of carbonyl (C=O) groups is 2. The van der Waals surface area contributed by atoms with Crippen LogP contribution < -0.4 is 10.1 Å². The Morgan fingerprint density at radius 2 is 1.88 bits per heavy atom. The third-order valence-electron chi connectivity index (χ3n) is 3.50. The standard InChI is InChI=1S/C17H23F3N2O4/c1-10(2)26-13-6-5-12(14(7-13)17(18,19)20)8-21-16(25)22(4)9-11(3)15(23)24/h5-7,10-11H,8-9H2,1-4H3,(H,21,25)(H,23,24). The minimum atomic E-state index is -4.60. The van der Waals surface area contributed by atoms with E-state index in [0.717, 1.165) is 11.0 Å². The van der Waals surface area contributed by atoms with Crippen LogP contribution >= 0.6 is 0 Å². The van der Waals surface area contributed by atoms with Crippen molar-refractivity contribution in [2.75, 3.05) is 13.6 Å². The first kappa shape index (κ1) is 21.6. The van der Waals surface area contributed by atoms with E-state index in [1.807, 2.05) is 0 Å². The molecule has 26 heavy (non-hydrogen) atoms. The summed E-state index contributed by atoms with van der Waals surface area (Å²) in [5.41, 5.74) is -1.00. The quantitative estimate of drug-likeness (QED) is 0.765. The summed E-state index contributed by atoms with van der Waals surface area (Å²) in [5, 5.41) is 11.2. The summed E-state index contributed by atoms with van der Waals surface area (Å²) in [7, 11) is 1.37. The fourth-order valence-corrected chi connectivity index (χ4v) is 2.20. The van der Waals surface area contributed by atoms with Crippen LogP contribution in [0.25, 0.3) is 0 Å². The molecule has 0 bridgehead atoms. The largest absolute Gasteiger partial charge is 0.491 e. The Bertz CT molecular complexity index is 647. The molecule has 0 aromatic heterocycles. The summed E-state index contributed by atoms with van der Waals surface area (Å²) in [6.45, 7) is 4.43. The van der Waals surface area contributed by atoms with Crippen LogP contribution in [0, 0.1) is 5.92 Å². The van der Waals surface area contributed by atoms with Gasteiger partial charge < -0.3 is 20.1 Å². The first-order valence-corrected chi connectivity index (χ1v) is 8.00. The Balaban J connectivity index is 2.85. The summed E-state index contributed by atoms with van der Waals surface area (Å²) >= 11 is 0. The topological polar surface area (TPSA) is 78.9 Å². The molecule has 0 fully saturated rings. The maximum atomic E-state index is 13.3. The molecular formula is C17H23F3N2O4. The molecule has 1 unspecified atom stereocenters. The molecule has 9 heteroatoms. The van der Waals surface area contributed by atoms with Crippen molar-refractivity contribution in [3.63, 3.8) is 0 Å². The van der Waals surface area contributed by atoms with E-state index in [2.05, 4.69) is 5.32 Å². The summed E-state index contributed by atoms with van der Waals surface area (Å²) in [6, 6.07) is 2.90. The Kier molecular flexibility index (Phi) is 7.29. The normalized spacial score (nSPS) is 12.6. The predicted octanol–water partition coefficient (Wildman–Crippen LogP) is 3.35. The van der Waals surface area contributed by atoms with Gasteiger partial charge in [0, 0.05) is 20.1 Å². The number of benzene rings is 1. The van der Waals surface area contributed by atoms with Crippen LogP contribution in [0.5, 0.6) is 5.75 Å². The summed E-state index contributed by atoms with van der Waals surface area (Å²) in [6.07, 6.45) is -4.87. The second-order valence-corrected chi connectivity index (χ2v) is 6.26. The van der Waals surface area contributed by atoms with Gasteiger partial charge in [0.25, 0.3) is 0 Å². The maximum absolute atomic E-state index is 13.3. The van der Waals surface area contributed by atoms with Crippen LogP contribution in [0.3, 0.4) is 0 Å². The Labute approximate surface area is 149 Å². The summed E-state index contributed by atoms with van der Waals surface area (Å²) < 4.78 is 45.1. The molecule has 0 aliphatic carbocycles. The van der Waals surface area contributed by atoms with Crippen LogP contribution in [0.15, 0.2) is 18.2 Å². The van der Waals surface area contributed by atoms with Gasteiger partial charge in [0.2, 0.25) is 0 Å². The molecule has 1 atom stereocenters. The smallest absolute Gasteiger partial charge is 0.416 e. The number of nitrogens with one attached hydrogen (secondary N) is 1. The Morgan fingerprint density at radius 3 is 2.38 bits per heavy atom. The van der Waals surface area contributed by atoms with Crippen LogP contribution in [0.2, 0.25) is 0 Å². The van der Waals surface area contributed by atoms with E-state index in [0.29, 0.717) is 0 Å². The van der Waals surface area contributed by atoms with E-state index >= 15 is 0 Å². The lowest BCUT2D eigenvalue weighted by molar-refractivity contribution is -0.141.